The normalized spacial score (nSPS) is 22.2. The lowest BCUT2D eigenvalue weighted by atomic mass is 10.1. The van der Waals surface area contributed by atoms with E-state index in [2.05, 4.69) is 16.9 Å². The standard InChI is InChI=1S/C12H19N3O/c1-15-7-8-16-12(9-15)11-4-2-3-10(14-11)5-6-13/h2-4,12H,5-9,13H2,1H3. The molecule has 0 saturated carbocycles. The Morgan fingerprint density at radius 3 is 3.19 bits per heavy atom. The van der Waals surface area contributed by atoms with E-state index in [4.69, 9.17) is 10.5 Å². The van der Waals surface area contributed by atoms with E-state index in [0.29, 0.717) is 6.54 Å². The molecule has 1 saturated heterocycles. The van der Waals surface area contributed by atoms with Crippen LogP contribution in [0.25, 0.3) is 0 Å². The number of hydrogen-bond donors (Lipinski definition) is 1. The minimum absolute atomic E-state index is 0.108. The smallest absolute Gasteiger partial charge is 0.112 e. The summed E-state index contributed by atoms with van der Waals surface area (Å²) in [5.41, 5.74) is 7.61. The molecule has 16 heavy (non-hydrogen) atoms. The number of nitrogens with two attached hydrogens (primary N) is 1. The Morgan fingerprint density at radius 2 is 2.44 bits per heavy atom. The Morgan fingerprint density at radius 1 is 1.56 bits per heavy atom. The molecule has 88 valence electrons. The molecule has 1 aromatic heterocycles. The molecule has 0 aromatic carbocycles. The number of nitrogens with zero attached hydrogens (tertiary/aromatic N) is 2. The van der Waals surface area contributed by atoms with Crippen LogP contribution in [-0.2, 0) is 11.2 Å². The molecule has 1 aliphatic heterocycles. The van der Waals surface area contributed by atoms with Crippen molar-refractivity contribution in [3.05, 3.63) is 29.6 Å². The van der Waals surface area contributed by atoms with Gasteiger partial charge in [0.15, 0.2) is 0 Å². The van der Waals surface area contributed by atoms with Crippen LogP contribution in [0.15, 0.2) is 18.2 Å². The number of pyridine rings is 1. The number of rotatable bonds is 3. The summed E-state index contributed by atoms with van der Waals surface area (Å²) in [6, 6.07) is 6.08. The van der Waals surface area contributed by atoms with Crippen molar-refractivity contribution < 1.29 is 4.74 Å². The van der Waals surface area contributed by atoms with E-state index in [-0.39, 0.29) is 6.10 Å². The largest absolute Gasteiger partial charge is 0.369 e. The quantitative estimate of drug-likeness (QED) is 0.811. The molecule has 1 unspecified atom stereocenters. The van der Waals surface area contributed by atoms with Crippen LogP contribution in [0, 0.1) is 0 Å². The Bertz CT molecular complexity index is 343. The highest BCUT2D eigenvalue weighted by atomic mass is 16.5. The summed E-state index contributed by atoms with van der Waals surface area (Å²) < 4.78 is 5.73. The van der Waals surface area contributed by atoms with Gasteiger partial charge in [0.25, 0.3) is 0 Å². The topological polar surface area (TPSA) is 51.4 Å². The second-order valence-electron chi connectivity index (χ2n) is 4.21. The zero-order chi connectivity index (χ0) is 11.4. The highest BCUT2D eigenvalue weighted by Gasteiger charge is 2.20. The maximum Gasteiger partial charge on any atom is 0.112 e. The summed E-state index contributed by atoms with van der Waals surface area (Å²) in [6.45, 7) is 3.34. The van der Waals surface area contributed by atoms with Gasteiger partial charge in [0.2, 0.25) is 0 Å². The molecule has 1 aromatic rings. The predicted octanol–water partition coefficient (Wildman–Crippen LogP) is 0.586. The van der Waals surface area contributed by atoms with Crippen molar-refractivity contribution in [3.8, 4) is 0 Å². The molecule has 4 nitrogen and oxygen atoms in total. The molecule has 0 bridgehead atoms. The fraction of sp³-hybridized carbons (Fsp3) is 0.583. The zero-order valence-corrected chi connectivity index (χ0v) is 9.72. The van der Waals surface area contributed by atoms with Gasteiger partial charge in [-0.25, -0.2) is 0 Å². The summed E-state index contributed by atoms with van der Waals surface area (Å²) in [5, 5.41) is 0. The molecule has 0 amide bonds. The summed E-state index contributed by atoms with van der Waals surface area (Å²) in [4.78, 5) is 6.86. The van der Waals surface area contributed by atoms with Crippen molar-refractivity contribution in [3.63, 3.8) is 0 Å². The summed E-state index contributed by atoms with van der Waals surface area (Å²) in [5.74, 6) is 0. The van der Waals surface area contributed by atoms with Gasteiger partial charge in [0, 0.05) is 25.2 Å². The lowest BCUT2D eigenvalue weighted by molar-refractivity contribution is -0.0231. The van der Waals surface area contributed by atoms with Crippen LogP contribution in [0.2, 0.25) is 0 Å². The van der Waals surface area contributed by atoms with Gasteiger partial charge in [0.1, 0.15) is 6.10 Å². The van der Waals surface area contributed by atoms with Crippen molar-refractivity contribution in [1.82, 2.24) is 9.88 Å². The van der Waals surface area contributed by atoms with Gasteiger partial charge in [-0.2, -0.15) is 0 Å². The molecule has 0 aliphatic carbocycles. The van der Waals surface area contributed by atoms with Crippen molar-refractivity contribution in [1.29, 1.82) is 0 Å². The molecule has 1 atom stereocenters. The number of hydrogen-bond acceptors (Lipinski definition) is 4. The van der Waals surface area contributed by atoms with Crippen LogP contribution >= 0.6 is 0 Å². The first-order valence-corrected chi connectivity index (χ1v) is 5.75. The second-order valence-corrected chi connectivity index (χ2v) is 4.21. The van der Waals surface area contributed by atoms with Crippen LogP contribution in [-0.4, -0.2) is 43.2 Å². The lowest BCUT2D eigenvalue weighted by Crippen LogP contribution is -2.35. The van der Waals surface area contributed by atoms with Crippen molar-refractivity contribution >= 4 is 0 Å². The third-order valence-corrected chi connectivity index (χ3v) is 2.83. The number of ether oxygens (including phenoxy) is 1. The van der Waals surface area contributed by atoms with Crippen LogP contribution in [0.4, 0.5) is 0 Å². The molecular formula is C12H19N3O. The molecule has 1 fully saturated rings. The summed E-state index contributed by atoms with van der Waals surface area (Å²) >= 11 is 0. The summed E-state index contributed by atoms with van der Waals surface area (Å²) in [6.07, 6.45) is 0.938. The fourth-order valence-corrected chi connectivity index (χ4v) is 1.92. The third-order valence-electron chi connectivity index (χ3n) is 2.83. The first-order valence-electron chi connectivity index (χ1n) is 5.75. The Hall–Kier alpha value is -0.970. The van der Waals surface area contributed by atoms with Crippen molar-refractivity contribution in [2.45, 2.75) is 12.5 Å². The molecule has 0 spiro atoms. The van der Waals surface area contributed by atoms with E-state index in [1.54, 1.807) is 0 Å². The third kappa shape index (κ3) is 2.78. The first-order chi connectivity index (χ1) is 7.79. The predicted molar refractivity (Wildman–Crippen MR) is 63.2 cm³/mol. The van der Waals surface area contributed by atoms with Gasteiger partial charge < -0.3 is 15.4 Å². The minimum Gasteiger partial charge on any atom is -0.369 e. The van der Waals surface area contributed by atoms with E-state index < -0.39 is 0 Å². The Balaban J connectivity index is 2.09. The minimum atomic E-state index is 0.108. The Labute approximate surface area is 96.4 Å². The van der Waals surface area contributed by atoms with Gasteiger partial charge in [-0.1, -0.05) is 6.07 Å². The van der Waals surface area contributed by atoms with Gasteiger partial charge in [-0.15, -0.1) is 0 Å². The van der Waals surface area contributed by atoms with Crippen molar-refractivity contribution in [2.24, 2.45) is 5.73 Å². The SMILES string of the molecule is CN1CCOC(c2cccc(CCN)n2)C1. The molecular weight excluding hydrogens is 202 g/mol. The molecule has 1 aliphatic rings. The van der Waals surface area contributed by atoms with E-state index in [1.165, 1.54) is 0 Å². The van der Waals surface area contributed by atoms with Crippen molar-refractivity contribution in [2.75, 3.05) is 33.3 Å². The van der Waals surface area contributed by atoms with E-state index in [0.717, 1.165) is 37.5 Å². The van der Waals surface area contributed by atoms with Crippen LogP contribution < -0.4 is 5.73 Å². The van der Waals surface area contributed by atoms with E-state index in [9.17, 15) is 0 Å². The average Bonchev–Trinajstić information content (AvgIpc) is 2.30. The van der Waals surface area contributed by atoms with E-state index >= 15 is 0 Å². The van der Waals surface area contributed by atoms with E-state index in [1.807, 2.05) is 18.2 Å². The molecule has 2 rings (SSSR count). The van der Waals surface area contributed by atoms with Crippen LogP contribution in [0.3, 0.4) is 0 Å². The second kappa shape index (κ2) is 5.39. The molecule has 4 heteroatoms. The number of likely N-dealkylation sites (N-methyl/N-ethyl adjacent to an activating group) is 1. The van der Waals surface area contributed by atoms with Gasteiger partial charge in [-0.3, -0.25) is 4.98 Å². The summed E-state index contributed by atoms with van der Waals surface area (Å²) in [7, 11) is 2.11. The maximum atomic E-state index is 5.73. The lowest BCUT2D eigenvalue weighted by Gasteiger charge is -2.29. The average molecular weight is 221 g/mol. The highest BCUT2D eigenvalue weighted by Crippen LogP contribution is 2.19. The maximum absolute atomic E-state index is 5.73. The first kappa shape index (κ1) is 11.5. The number of aromatic nitrogens is 1. The zero-order valence-electron chi connectivity index (χ0n) is 9.72. The molecule has 2 heterocycles. The van der Waals surface area contributed by atoms with Crippen LogP contribution in [0.1, 0.15) is 17.5 Å². The fourth-order valence-electron chi connectivity index (χ4n) is 1.92. The molecule has 2 N–H and O–H groups in total. The van der Waals surface area contributed by atoms with Gasteiger partial charge in [-0.05, 0) is 25.7 Å². The number of morpholine rings is 1. The van der Waals surface area contributed by atoms with Gasteiger partial charge >= 0.3 is 0 Å². The molecule has 0 radical (unpaired) electrons. The van der Waals surface area contributed by atoms with Gasteiger partial charge in [0.05, 0.1) is 12.3 Å². The van der Waals surface area contributed by atoms with Crippen LogP contribution in [0.5, 0.6) is 0 Å². The Kier molecular flexibility index (Phi) is 3.88. The highest BCUT2D eigenvalue weighted by molar-refractivity contribution is 5.14. The monoisotopic (exact) mass is 221 g/mol.